The van der Waals surface area contributed by atoms with Crippen LogP contribution in [0, 0.1) is 23.2 Å². The van der Waals surface area contributed by atoms with E-state index in [0.29, 0.717) is 5.92 Å². The van der Waals surface area contributed by atoms with Crippen molar-refractivity contribution in [1.82, 2.24) is 10.6 Å². The van der Waals surface area contributed by atoms with Crippen molar-refractivity contribution in [3.63, 3.8) is 0 Å². The molecule has 104 valence electrons. The zero-order chi connectivity index (χ0) is 13.8. The minimum atomic E-state index is -0.354. The third-order valence-corrected chi connectivity index (χ3v) is 4.02. The number of hydrogen-bond acceptors (Lipinski definition) is 3. The molecular weight excluding hydrogens is 242 g/mol. The highest BCUT2D eigenvalue weighted by Gasteiger charge is 2.36. The van der Waals surface area contributed by atoms with Crippen molar-refractivity contribution in [3.8, 4) is 6.07 Å². The van der Waals surface area contributed by atoms with Gasteiger partial charge >= 0.3 is 0 Å². The van der Waals surface area contributed by atoms with Gasteiger partial charge in [-0.2, -0.15) is 5.26 Å². The van der Waals surface area contributed by atoms with Gasteiger partial charge in [-0.05, 0) is 31.6 Å². The van der Waals surface area contributed by atoms with Gasteiger partial charge in [0, 0.05) is 13.0 Å². The molecule has 3 atom stereocenters. The molecule has 19 heavy (non-hydrogen) atoms. The van der Waals surface area contributed by atoms with E-state index in [9.17, 15) is 9.59 Å². The van der Waals surface area contributed by atoms with E-state index in [4.69, 9.17) is 5.26 Å². The molecule has 5 heteroatoms. The van der Waals surface area contributed by atoms with Crippen LogP contribution >= 0.6 is 0 Å². The summed E-state index contributed by atoms with van der Waals surface area (Å²) in [5.74, 6) is -0.0235. The maximum atomic E-state index is 12.3. The van der Waals surface area contributed by atoms with Crippen LogP contribution in [0.3, 0.4) is 0 Å². The van der Waals surface area contributed by atoms with Gasteiger partial charge in [-0.25, -0.2) is 0 Å². The summed E-state index contributed by atoms with van der Waals surface area (Å²) in [6, 6.07) is 1.74. The Kier molecular flexibility index (Phi) is 4.41. The molecule has 0 aromatic heterocycles. The molecule has 0 unspecified atom stereocenters. The van der Waals surface area contributed by atoms with Crippen LogP contribution in [-0.2, 0) is 9.59 Å². The summed E-state index contributed by atoms with van der Waals surface area (Å²) in [7, 11) is 0. The lowest BCUT2D eigenvalue weighted by Crippen LogP contribution is -2.50. The number of amides is 2. The number of carbonyl (C=O) groups excluding carboxylic acids is 2. The highest BCUT2D eigenvalue weighted by atomic mass is 16.2. The van der Waals surface area contributed by atoms with Gasteiger partial charge < -0.3 is 10.6 Å². The van der Waals surface area contributed by atoms with Crippen molar-refractivity contribution >= 4 is 11.8 Å². The van der Waals surface area contributed by atoms with E-state index in [0.717, 1.165) is 38.5 Å². The van der Waals surface area contributed by atoms with E-state index in [1.165, 1.54) is 6.92 Å². The Morgan fingerprint density at radius 1 is 1.21 bits per heavy atom. The van der Waals surface area contributed by atoms with Gasteiger partial charge in [-0.15, -0.1) is 0 Å². The number of nitrogens with zero attached hydrogens (tertiary/aromatic N) is 1. The summed E-state index contributed by atoms with van der Waals surface area (Å²) >= 11 is 0. The predicted octanol–water partition coefficient (Wildman–Crippen LogP) is 1.10. The summed E-state index contributed by atoms with van der Waals surface area (Å²) in [5, 5.41) is 14.8. The Morgan fingerprint density at radius 3 is 2.47 bits per heavy atom. The Labute approximate surface area is 113 Å². The fraction of sp³-hybridized carbons (Fsp3) is 0.786. The molecule has 0 aromatic carbocycles. The first-order valence-corrected chi connectivity index (χ1v) is 7.09. The van der Waals surface area contributed by atoms with Gasteiger partial charge in [-0.3, -0.25) is 9.59 Å². The quantitative estimate of drug-likeness (QED) is 0.796. The second-order valence-corrected chi connectivity index (χ2v) is 5.65. The molecule has 0 bridgehead atoms. The van der Waals surface area contributed by atoms with E-state index < -0.39 is 0 Å². The van der Waals surface area contributed by atoms with E-state index in [1.807, 2.05) is 0 Å². The predicted molar refractivity (Wildman–Crippen MR) is 69.8 cm³/mol. The van der Waals surface area contributed by atoms with Gasteiger partial charge in [0.15, 0.2) is 0 Å². The molecule has 5 nitrogen and oxygen atoms in total. The molecular formula is C14H21N3O2. The second kappa shape index (κ2) is 6.05. The Morgan fingerprint density at radius 2 is 1.89 bits per heavy atom. The van der Waals surface area contributed by atoms with Crippen LogP contribution in [0.1, 0.15) is 45.4 Å². The van der Waals surface area contributed by atoms with Crippen molar-refractivity contribution in [2.24, 2.45) is 11.8 Å². The van der Waals surface area contributed by atoms with Crippen molar-refractivity contribution in [2.45, 2.75) is 57.5 Å². The minimum absolute atomic E-state index is 0.0723. The van der Waals surface area contributed by atoms with Gasteiger partial charge in [0.2, 0.25) is 11.8 Å². The van der Waals surface area contributed by atoms with Gasteiger partial charge in [0.25, 0.3) is 0 Å². The maximum absolute atomic E-state index is 12.3. The minimum Gasteiger partial charge on any atom is -0.353 e. The zero-order valence-electron chi connectivity index (χ0n) is 11.3. The standard InChI is InChI=1S/C14H21N3O2/c1-9(18)16-12-5-3-2-4-11(12)14(19)17-13(8-15)10-6-7-10/h10-13H,2-7H2,1H3,(H,16,18)(H,17,19)/t11-,12+,13-/m1/s1. The fourth-order valence-electron chi connectivity index (χ4n) is 2.82. The fourth-order valence-corrected chi connectivity index (χ4v) is 2.82. The average Bonchev–Trinajstić information content (AvgIpc) is 3.20. The summed E-state index contributed by atoms with van der Waals surface area (Å²) in [6.07, 6.45) is 5.74. The lowest BCUT2D eigenvalue weighted by molar-refractivity contribution is -0.128. The summed E-state index contributed by atoms with van der Waals surface area (Å²) in [4.78, 5) is 23.5. The van der Waals surface area contributed by atoms with E-state index in [1.54, 1.807) is 0 Å². The Hall–Kier alpha value is -1.57. The number of hydrogen-bond donors (Lipinski definition) is 2. The van der Waals surface area contributed by atoms with Gasteiger partial charge in [0.1, 0.15) is 6.04 Å². The summed E-state index contributed by atoms with van der Waals surface area (Å²) < 4.78 is 0. The van der Waals surface area contributed by atoms with E-state index in [2.05, 4.69) is 16.7 Å². The molecule has 2 amide bonds. The summed E-state index contributed by atoms with van der Waals surface area (Å²) in [5.41, 5.74) is 0. The lowest BCUT2D eigenvalue weighted by atomic mass is 9.83. The SMILES string of the molecule is CC(=O)N[C@H]1CCCC[C@H]1C(=O)N[C@H](C#N)C1CC1. The van der Waals surface area contributed by atoms with Crippen LogP contribution in [0.5, 0.6) is 0 Å². The molecule has 0 aromatic rings. The first-order chi connectivity index (χ1) is 9.11. The highest BCUT2D eigenvalue weighted by molar-refractivity contribution is 5.81. The van der Waals surface area contributed by atoms with Crippen molar-refractivity contribution in [1.29, 1.82) is 5.26 Å². The number of carbonyl (C=O) groups is 2. The van der Waals surface area contributed by atoms with E-state index >= 15 is 0 Å². The van der Waals surface area contributed by atoms with Crippen molar-refractivity contribution in [2.75, 3.05) is 0 Å². The highest BCUT2D eigenvalue weighted by Crippen LogP contribution is 2.33. The Bertz CT molecular complexity index is 398. The monoisotopic (exact) mass is 263 g/mol. The average molecular weight is 263 g/mol. The molecule has 2 aliphatic carbocycles. The van der Waals surface area contributed by atoms with Crippen LogP contribution in [0.15, 0.2) is 0 Å². The van der Waals surface area contributed by atoms with Crippen LogP contribution in [0.2, 0.25) is 0 Å². The topological polar surface area (TPSA) is 82.0 Å². The number of nitrogens with one attached hydrogen (secondary N) is 2. The molecule has 0 heterocycles. The number of rotatable bonds is 4. The molecule has 2 fully saturated rings. The van der Waals surface area contributed by atoms with Crippen LogP contribution < -0.4 is 10.6 Å². The first-order valence-electron chi connectivity index (χ1n) is 7.09. The largest absolute Gasteiger partial charge is 0.353 e. The van der Waals surface area contributed by atoms with Crippen molar-refractivity contribution < 1.29 is 9.59 Å². The van der Waals surface area contributed by atoms with Crippen LogP contribution in [-0.4, -0.2) is 23.9 Å². The van der Waals surface area contributed by atoms with Crippen LogP contribution in [0.4, 0.5) is 0 Å². The van der Waals surface area contributed by atoms with E-state index in [-0.39, 0.29) is 29.8 Å². The molecule has 2 aliphatic rings. The molecule has 0 radical (unpaired) electrons. The normalized spacial score (nSPS) is 28.0. The molecule has 0 aliphatic heterocycles. The van der Waals surface area contributed by atoms with Gasteiger partial charge in [-0.1, -0.05) is 12.8 Å². The maximum Gasteiger partial charge on any atom is 0.226 e. The molecule has 0 saturated heterocycles. The van der Waals surface area contributed by atoms with Crippen molar-refractivity contribution in [3.05, 3.63) is 0 Å². The molecule has 2 N–H and O–H groups in total. The smallest absolute Gasteiger partial charge is 0.226 e. The first kappa shape index (κ1) is 13.9. The van der Waals surface area contributed by atoms with Gasteiger partial charge in [0.05, 0.1) is 12.0 Å². The second-order valence-electron chi connectivity index (χ2n) is 5.65. The third kappa shape index (κ3) is 3.69. The number of nitriles is 1. The molecule has 2 saturated carbocycles. The zero-order valence-corrected chi connectivity index (χ0v) is 11.3. The molecule has 2 rings (SSSR count). The molecule has 0 spiro atoms. The third-order valence-electron chi connectivity index (χ3n) is 4.02. The van der Waals surface area contributed by atoms with Crippen LogP contribution in [0.25, 0.3) is 0 Å². The summed E-state index contributed by atoms with van der Waals surface area (Å²) in [6.45, 7) is 1.48. The lowest BCUT2D eigenvalue weighted by Gasteiger charge is -2.31. The Balaban J connectivity index is 1.94.